The number of aliphatic hydroxyl groups excluding tert-OH is 1. The van der Waals surface area contributed by atoms with Crippen molar-refractivity contribution in [2.75, 3.05) is 6.61 Å². The molecule has 1 aliphatic carbocycles. The Balaban J connectivity index is 1.89. The first kappa shape index (κ1) is 11.6. The lowest BCUT2D eigenvalue weighted by atomic mass is 9.79. The molecule has 1 aromatic carbocycles. The Hall–Kier alpha value is -0.890. The van der Waals surface area contributed by atoms with Gasteiger partial charge in [0.15, 0.2) is 0 Å². The minimum atomic E-state index is -0.0771. The summed E-state index contributed by atoms with van der Waals surface area (Å²) in [6.45, 7) is 0.312. The molecule has 0 atom stereocenters. The van der Waals surface area contributed by atoms with Gasteiger partial charge in [-0.1, -0.05) is 18.2 Å². The van der Waals surface area contributed by atoms with Crippen LogP contribution in [0.25, 0.3) is 0 Å². The molecule has 1 aliphatic rings. The Kier molecular flexibility index (Phi) is 3.94. The predicted molar refractivity (Wildman–Crippen MR) is 62.6 cm³/mol. The first-order chi connectivity index (χ1) is 7.79. The molecule has 1 aromatic rings. The van der Waals surface area contributed by atoms with E-state index >= 15 is 0 Å². The molecule has 0 spiro atoms. The van der Waals surface area contributed by atoms with E-state index in [0.717, 1.165) is 37.7 Å². The van der Waals surface area contributed by atoms with Crippen LogP contribution in [0.15, 0.2) is 24.3 Å². The van der Waals surface area contributed by atoms with Crippen molar-refractivity contribution in [3.05, 3.63) is 35.6 Å². The number of aliphatic hydroxyl groups is 1. The molecule has 0 aliphatic heterocycles. The molecule has 0 bridgehead atoms. The average molecular weight is 222 g/mol. The molecule has 1 nitrogen and oxygen atoms in total. The van der Waals surface area contributed by atoms with Gasteiger partial charge in [0.25, 0.3) is 0 Å². The topological polar surface area (TPSA) is 20.2 Å². The van der Waals surface area contributed by atoms with Gasteiger partial charge in [-0.25, -0.2) is 4.39 Å². The van der Waals surface area contributed by atoms with Crippen molar-refractivity contribution >= 4 is 0 Å². The number of benzene rings is 1. The van der Waals surface area contributed by atoms with Crippen LogP contribution in [0.2, 0.25) is 0 Å². The third kappa shape index (κ3) is 2.82. The highest BCUT2D eigenvalue weighted by Crippen LogP contribution is 2.31. The smallest absolute Gasteiger partial charge is 0.126 e. The van der Waals surface area contributed by atoms with Crippen LogP contribution in [0.1, 0.15) is 31.2 Å². The largest absolute Gasteiger partial charge is 0.396 e. The van der Waals surface area contributed by atoms with Crippen molar-refractivity contribution in [1.82, 2.24) is 0 Å². The number of halogens is 1. The van der Waals surface area contributed by atoms with Gasteiger partial charge < -0.3 is 5.11 Å². The first-order valence-electron chi connectivity index (χ1n) is 6.14. The van der Waals surface area contributed by atoms with Gasteiger partial charge in [-0.2, -0.15) is 0 Å². The number of hydrogen-bond acceptors (Lipinski definition) is 1. The highest BCUT2D eigenvalue weighted by Gasteiger charge is 2.21. The number of rotatable bonds is 3. The maximum absolute atomic E-state index is 13.4. The van der Waals surface area contributed by atoms with Gasteiger partial charge in [-0.05, 0) is 55.6 Å². The molecule has 16 heavy (non-hydrogen) atoms. The summed E-state index contributed by atoms with van der Waals surface area (Å²) in [7, 11) is 0. The molecule has 0 unspecified atom stereocenters. The molecule has 0 aromatic heterocycles. The summed E-state index contributed by atoms with van der Waals surface area (Å²) in [5.41, 5.74) is 0.843. The summed E-state index contributed by atoms with van der Waals surface area (Å²) >= 11 is 0. The van der Waals surface area contributed by atoms with E-state index in [1.807, 2.05) is 12.1 Å². The maximum Gasteiger partial charge on any atom is 0.126 e. The number of hydrogen-bond donors (Lipinski definition) is 1. The highest BCUT2D eigenvalue weighted by atomic mass is 19.1. The van der Waals surface area contributed by atoms with E-state index in [4.69, 9.17) is 5.11 Å². The van der Waals surface area contributed by atoms with E-state index in [1.165, 1.54) is 6.07 Å². The zero-order valence-electron chi connectivity index (χ0n) is 9.53. The quantitative estimate of drug-likeness (QED) is 0.832. The van der Waals surface area contributed by atoms with Gasteiger partial charge in [-0.3, -0.25) is 0 Å². The third-order valence-electron chi connectivity index (χ3n) is 3.69. The molecule has 1 saturated carbocycles. The molecule has 0 heterocycles. The van der Waals surface area contributed by atoms with Crippen LogP contribution in [-0.4, -0.2) is 11.7 Å². The van der Waals surface area contributed by atoms with E-state index in [2.05, 4.69) is 0 Å². The van der Waals surface area contributed by atoms with Crippen LogP contribution >= 0.6 is 0 Å². The normalized spacial score (nSPS) is 25.6. The fraction of sp³-hybridized carbons (Fsp3) is 0.571. The van der Waals surface area contributed by atoms with Crippen molar-refractivity contribution in [1.29, 1.82) is 0 Å². The molecule has 1 N–H and O–H groups in total. The van der Waals surface area contributed by atoms with Crippen LogP contribution in [0, 0.1) is 17.7 Å². The summed E-state index contributed by atoms with van der Waals surface area (Å²) in [4.78, 5) is 0. The molecule has 2 rings (SSSR count). The lowest BCUT2D eigenvalue weighted by Gasteiger charge is -2.27. The fourth-order valence-electron chi connectivity index (χ4n) is 2.59. The van der Waals surface area contributed by atoms with E-state index in [1.54, 1.807) is 6.07 Å². The average Bonchev–Trinajstić information content (AvgIpc) is 2.33. The minimum Gasteiger partial charge on any atom is -0.396 e. The summed E-state index contributed by atoms with van der Waals surface area (Å²) < 4.78 is 13.4. The zero-order chi connectivity index (χ0) is 11.4. The fourth-order valence-corrected chi connectivity index (χ4v) is 2.59. The summed E-state index contributed by atoms with van der Waals surface area (Å²) in [6.07, 6.45) is 5.29. The Morgan fingerprint density at radius 3 is 2.31 bits per heavy atom. The lowest BCUT2D eigenvalue weighted by Crippen LogP contribution is -2.18. The molecule has 0 radical (unpaired) electrons. The molecular weight excluding hydrogens is 203 g/mol. The summed E-state index contributed by atoms with van der Waals surface area (Å²) in [6, 6.07) is 7.06. The Morgan fingerprint density at radius 1 is 1.06 bits per heavy atom. The van der Waals surface area contributed by atoms with E-state index in [9.17, 15) is 4.39 Å². The van der Waals surface area contributed by atoms with Gasteiger partial charge in [0.05, 0.1) is 0 Å². The predicted octanol–water partition coefficient (Wildman–Crippen LogP) is 3.17. The molecule has 88 valence electrons. The van der Waals surface area contributed by atoms with Crippen molar-refractivity contribution in [3.8, 4) is 0 Å². The standard InChI is InChI=1S/C14H19FO/c15-14-4-2-1-3-13(14)9-11-5-7-12(10-16)8-6-11/h1-4,11-12,16H,5-10H2. The monoisotopic (exact) mass is 222 g/mol. The Labute approximate surface area is 96.3 Å². The van der Waals surface area contributed by atoms with Crippen LogP contribution < -0.4 is 0 Å². The van der Waals surface area contributed by atoms with Crippen molar-refractivity contribution < 1.29 is 9.50 Å². The molecule has 0 saturated heterocycles. The molecule has 1 fully saturated rings. The second kappa shape index (κ2) is 5.44. The SMILES string of the molecule is OCC1CCC(Cc2ccccc2F)CC1. The highest BCUT2D eigenvalue weighted by molar-refractivity contribution is 5.17. The van der Waals surface area contributed by atoms with Crippen molar-refractivity contribution in [2.24, 2.45) is 11.8 Å². The molecular formula is C14H19FO. The minimum absolute atomic E-state index is 0.0771. The summed E-state index contributed by atoms with van der Waals surface area (Å²) in [5.74, 6) is 1.00. The Morgan fingerprint density at radius 2 is 1.69 bits per heavy atom. The van der Waals surface area contributed by atoms with Crippen LogP contribution in [0.3, 0.4) is 0 Å². The van der Waals surface area contributed by atoms with Crippen LogP contribution in [0.5, 0.6) is 0 Å². The van der Waals surface area contributed by atoms with E-state index in [-0.39, 0.29) is 5.82 Å². The van der Waals surface area contributed by atoms with Crippen LogP contribution in [-0.2, 0) is 6.42 Å². The second-order valence-electron chi connectivity index (χ2n) is 4.86. The van der Waals surface area contributed by atoms with Gasteiger partial charge in [0.1, 0.15) is 5.82 Å². The third-order valence-corrected chi connectivity index (χ3v) is 3.69. The van der Waals surface area contributed by atoms with Gasteiger partial charge in [-0.15, -0.1) is 0 Å². The molecule has 2 heteroatoms. The van der Waals surface area contributed by atoms with Crippen molar-refractivity contribution in [3.63, 3.8) is 0 Å². The first-order valence-corrected chi connectivity index (χ1v) is 6.14. The van der Waals surface area contributed by atoms with Crippen molar-refractivity contribution in [2.45, 2.75) is 32.1 Å². The zero-order valence-corrected chi connectivity index (χ0v) is 9.53. The Bertz CT molecular complexity index is 329. The van der Waals surface area contributed by atoms with Gasteiger partial charge in [0, 0.05) is 6.61 Å². The summed E-state index contributed by atoms with van der Waals surface area (Å²) in [5, 5.41) is 9.05. The van der Waals surface area contributed by atoms with Crippen LogP contribution in [0.4, 0.5) is 4.39 Å². The lowest BCUT2D eigenvalue weighted by molar-refractivity contribution is 0.167. The second-order valence-corrected chi connectivity index (χ2v) is 4.86. The van der Waals surface area contributed by atoms with E-state index in [0.29, 0.717) is 18.4 Å². The van der Waals surface area contributed by atoms with Gasteiger partial charge >= 0.3 is 0 Å². The van der Waals surface area contributed by atoms with E-state index < -0.39 is 0 Å². The van der Waals surface area contributed by atoms with Gasteiger partial charge in [0.2, 0.25) is 0 Å². The maximum atomic E-state index is 13.4. The molecule has 0 amide bonds.